The van der Waals surface area contributed by atoms with Gasteiger partial charge in [0.25, 0.3) is 0 Å². The second kappa shape index (κ2) is 7.88. The Balaban J connectivity index is 2.27. The number of hydrogen-bond acceptors (Lipinski definition) is 2. The maximum absolute atomic E-state index is 14.2. The lowest BCUT2D eigenvalue weighted by atomic mass is 10.0. The van der Waals surface area contributed by atoms with Gasteiger partial charge in [-0.25, -0.2) is 30.7 Å². The molecule has 0 saturated heterocycles. The smallest absolute Gasteiger partial charge is 0.420 e. The number of ether oxygens (including phenoxy) is 1. The van der Waals surface area contributed by atoms with E-state index in [1.165, 1.54) is 0 Å². The standard InChI is InChI=1S/C19H6F11NO/c20-11-6(10-13(22)16(25)18(27)17(26)14(10)23)4-9(12(21)15(11)24)32-8-2-1-5(31)3-7(8)19(28,29)30/h1-4H,31H2. The summed E-state index contributed by atoms with van der Waals surface area (Å²) in [5.41, 5.74) is -0.436. The first-order valence-electron chi connectivity index (χ1n) is 8.09. The van der Waals surface area contributed by atoms with Gasteiger partial charge in [-0.1, -0.05) is 0 Å². The summed E-state index contributed by atoms with van der Waals surface area (Å²) in [5.74, 6) is -22.7. The van der Waals surface area contributed by atoms with Crippen LogP contribution in [0.1, 0.15) is 5.56 Å². The van der Waals surface area contributed by atoms with Crippen molar-refractivity contribution >= 4 is 5.69 Å². The van der Waals surface area contributed by atoms with E-state index in [0.717, 1.165) is 6.07 Å². The molecule has 0 fully saturated rings. The largest absolute Gasteiger partial charge is 0.454 e. The average molecular weight is 473 g/mol. The highest BCUT2D eigenvalue weighted by Crippen LogP contribution is 2.42. The molecule has 3 aromatic carbocycles. The molecule has 13 heteroatoms. The number of anilines is 1. The number of halogens is 11. The molecular formula is C19H6F11NO. The Morgan fingerprint density at radius 3 is 1.62 bits per heavy atom. The molecule has 0 bridgehead atoms. The molecule has 3 aromatic rings. The number of alkyl halides is 3. The molecule has 0 aromatic heterocycles. The van der Waals surface area contributed by atoms with Crippen molar-refractivity contribution in [2.24, 2.45) is 0 Å². The zero-order valence-electron chi connectivity index (χ0n) is 15.0. The first-order valence-corrected chi connectivity index (χ1v) is 8.09. The molecule has 0 aliphatic rings. The monoisotopic (exact) mass is 473 g/mol. The van der Waals surface area contributed by atoms with Crippen LogP contribution in [0.15, 0.2) is 24.3 Å². The van der Waals surface area contributed by atoms with Crippen LogP contribution in [-0.2, 0) is 6.18 Å². The predicted octanol–water partition coefficient (Wildman–Crippen LogP) is 6.86. The van der Waals surface area contributed by atoms with Gasteiger partial charge < -0.3 is 10.5 Å². The van der Waals surface area contributed by atoms with Crippen LogP contribution in [0, 0.1) is 46.5 Å². The van der Waals surface area contributed by atoms with Crippen LogP contribution in [0.5, 0.6) is 11.5 Å². The number of hydrogen-bond donors (Lipinski definition) is 1. The topological polar surface area (TPSA) is 35.2 Å². The van der Waals surface area contributed by atoms with Gasteiger partial charge in [-0.15, -0.1) is 0 Å². The van der Waals surface area contributed by atoms with E-state index in [9.17, 15) is 48.3 Å². The van der Waals surface area contributed by atoms with Crippen molar-refractivity contribution in [2.75, 3.05) is 5.73 Å². The Kier molecular flexibility index (Phi) is 5.70. The van der Waals surface area contributed by atoms with Crippen LogP contribution in [-0.4, -0.2) is 0 Å². The predicted molar refractivity (Wildman–Crippen MR) is 87.5 cm³/mol. The van der Waals surface area contributed by atoms with Crippen molar-refractivity contribution < 1.29 is 53.0 Å². The van der Waals surface area contributed by atoms with E-state index in [4.69, 9.17) is 5.73 Å². The van der Waals surface area contributed by atoms with Crippen molar-refractivity contribution in [2.45, 2.75) is 6.18 Å². The third-order valence-electron chi connectivity index (χ3n) is 4.12. The second-order valence-electron chi connectivity index (χ2n) is 6.16. The molecule has 2 N–H and O–H groups in total. The first-order chi connectivity index (χ1) is 14.8. The van der Waals surface area contributed by atoms with Crippen LogP contribution in [0.3, 0.4) is 0 Å². The minimum Gasteiger partial charge on any atom is -0.454 e. The molecule has 0 spiro atoms. The molecule has 3 rings (SSSR count). The third kappa shape index (κ3) is 3.78. The highest BCUT2D eigenvalue weighted by molar-refractivity contribution is 5.68. The molecule has 170 valence electrons. The lowest BCUT2D eigenvalue weighted by molar-refractivity contribution is -0.138. The number of nitrogens with two attached hydrogens (primary N) is 1. The second-order valence-corrected chi connectivity index (χ2v) is 6.16. The van der Waals surface area contributed by atoms with Crippen LogP contribution >= 0.6 is 0 Å². The summed E-state index contributed by atoms with van der Waals surface area (Å²) < 4.78 is 155. The molecule has 0 saturated carbocycles. The Morgan fingerprint density at radius 2 is 1.09 bits per heavy atom. The summed E-state index contributed by atoms with van der Waals surface area (Å²) in [6, 6.07) is 1.75. The fourth-order valence-corrected chi connectivity index (χ4v) is 2.65. The minimum absolute atomic E-state index is 0.0530. The zero-order valence-corrected chi connectivity index (χ0v) is 15.0. The highest BCUT2D eigenvalue weighted by Gasteiger charge is 2.36. The molecule has 2 nitrogen and oxygen atoms in total. The quantitative estimate of drug-likeness (QED) is 0.195. The Bertz CT molecular complexity index is 1210. The Hall–Kier alpha value is -3.51. The summed E-state index contributed by atoms with van der Waals surface area (Å²) in [7, 11) is 0. The van der Waals surface area contributed by atoms with Gasteiger partial charge in [0.1, 0.15) is 11.3 Å². The van der Waals surface area contributed by atoms with Crippen LogP contribution in [0.4, 0.5) is 54.0 Å². The SMILES string of the molecule is Nc1ccc(Oc2cc(-c3c(F)c(F)c(F)c(F)c3F)c(F)c(F)c2F)c(C(F)(F)F)c1. The number of benzene rings is 3. The maximum atomic E-state index is 14.2. The fourth-order valence-electron chi connectivity index (χ4n) is 2.65. The lowest BCUT2D eigenvalue weighted by Crippen LogP contribution is -2.09. The molecular weight excluding hydrogens is 467 g/mol. The summed E-state index contributed by atoms with van der Waals surface area (Å²) in [4.78, 5) is 0. The van der Waals surface area contributed by atoms with Gasteiger partial charge in [0, 0.05) is 11.3 Å². The van der Waals surface area contributed by atoms with Gasteiger partial charge >= 0.3 is 6.18 Å². The van der Waals surface area contributed by atoms with Gasteiger partial charge in [0.05, 0.1) is 5.56 Å². The van der Waals surface area contributed by atoms with Gasteiger partial charge in [0.2, 0.25) is 11.6 Å². The molecule has 0 unspecified atom stereocenters. The van der Waals surface area contributed by atoms with E-state index in [-0.39, 0.29) is 6.07 Å². The van der Waals surface area contributed by atoms with Crippen molar-refractivity contribution in [3.8, 4) is 22.6 Å². The maximum Gasteiger partial charge on any atom is 0.420 e. The normalized spacial score (nSPS) is 11.7. The lowest BCUT2D eigenvalue weighted by Gasteiger charge is -2.16. The number of nitrogen functional groups attached to an aromatic ring is 1. The molecule has 0 radical (unpaired) electrons. The van der Waals surface area contributed by atoms with E-state index in [0.29, 0.717) is 12.1 Å². The van der Waals surface area contributed by atoms with E-state index < -0.39 is 86.6 Å². The van der Waals surface area contributed by atoms with Crippen molar-refractivity contribution in [1.82, 2.24) is 0 Å². The Labute approximate surface area is 170 Å². The molecule has 32 heavy (non-hydrogen) atoms. The zero-order chi connectivity index (χ0) is 24.1. The first kappa shape index (κ1) is 23.2. The third-order valence-corrected chi connectivity index (χ3v) is 4.12. The van der Waals surface area contributed by atoms with Crippen molar-refractivity contribution in [3.63, 3.8) is 0 Å². The molecule has 0 heterocycles. The number of rotatable bonds is 3. The van der Waals surface area contributed by atoms with Gasteiger partial charge in [-0.2, -0.15) is 17.6 Å². The summed E-state index contributed by atoms with van der Waals surface area (Å²) in [6.07, 6.45) is -5.12. The fraction of sp³-hybridized carbons (Fsp3) is 0.0526. The van der Waals surface area contributed by atoms with E-state index in [1.54, 1.807) is 0 Å². The average Bonchev–Trinajstić information content (AvgIpc) is 2.72. The summed E-state index contributed by atoms with van der Waals surface area (Å²) >= 11 is 0. The van der Waals surface area contributed by atoms with Crippen LogP contribution in [0.2, 0.25) is 0 Å². The molecule has 0 aliphatic carbocycles. The molecule has 0 aliphatic heterocycles. The van der Waals surface area contributed by atoms with Crippen molar-refractivity contribution in [3.05, 3.63) is 76.4 Å². The van der Waals surface area contributed by atoms with Crippen LogP contribution in [0.25, 0.3) is 11.1 Å². The Morgan fingerprint density at radius 1 is 0.594 bits per heavy atom. The van der Waals surface area contributed by atoms with E-state index >= 15 is 0 Å². The minimum atomic E-state index is -5.12. The van der Waals surface area contributed by atoms with Crippen molar-refractivity contribution in [1.29, 1.82) is 0 Å². The van der Waals surface area contributed by atoms with E-state index in [2.05, 4.69) is 4.74 Å². The van der Waals surface area contributed by atoms with E-state index in [1.807, 2.05) is 0 Å². The molecule has 0 amide bonds. The van der Waals surface area contributed by atoms with Gasteiger partial charge in [-0.3, -0.25) is 0 Å². The summed E-state index contributed by atoms with van der Waals surface area (Å²) in [6.45, 7) is 0. The molecule has 0 atom stereocenters. The summed E-state index contributed by atoms with van der Waals surface area (Å²) in [5, 5.41) is 0. The highest BCUT2D eigenvalue weighted by atomic mass is 19.4. The van der Waals surface area contributed by atoms with Gasteiger partial charge in [-0.05, 0) is 24.3 Å². The van der Waals surface area contributed by atoms with Gasteiger partial charge in [0.15, 0.2) is 40.7 Å². The van der Waals surface area contributed by atoms with Crippen LogP contribution < -0.4 is 10.5 Å².